The van der Waals surface area contributed by atoms with E-state index in [1.807, 2.05) is 24.3 Å². The van der Waals surface area contributed by atoms with Gasteiger partial charge in [-0.3, -0.25) is 4.79 Å². The lowest BCUT2D eigenvalue weighted by molar-refractivity contribution is -0.120. The van der Waals surface area contributed by atoms with E-state index >= 15 is 0 Å². The number of fused-ring (bicyclic) bond motifs is 1. The first-order chi connectivity index (χ1) is 15.0. The first kappa shape index (κ1) is 22.3. The summed E-state index contributed by atoms with van der Waals surface area (Å²) in [5.74, 6) is 0.689. The number of hydrogen-bond donors (Lipinski definition) is 1. The van der Waals surface area contributed by atoms with Gasteiger partial charge >= 0.3 is 0 Å². The number of carbonyl (C=O) groups excluding carboxylic acids is 1. The smallest absolute Gasteiger partial charge is 0.243 e. The number of pyridine rings is 1. The molecule has 2 heterocycles. The number of nitrogens with zero attached hydrogens (tertiary/aromatic N) is 2. The molecule has 1 saturated heterocycles. The highest BCUT2D eigenvalue weighted by molar-refractivity contribution is 7.99. The Bertz CT molecular complexity index is 1030. The van der Waals surface area contributed by atoms with Gasteiger partial charge in [0, 0.05) is 19.0 Å². The molecule has 0 atom stereocenters. The summed E-state index contributed by atoms with van der Waals surface area (Å²) >= 11 is 1.65. The highest BCUT2D eigenvalue weighted by Gasteiger charge is 2.32. The van der Waals surface area contributed by atoms with Crippen LogP contribution in [0.5, 0.6) is 0 Å². The Morgan fingerprint density at radius 2 is 1.87 bits per heavy atom. The van der Waals surface area contributed by atoms with Crippen molar-refractivity contribution < 1.29 is 13.2 Å². The Kier molecular flexibility index (Phi) is 6.99. The van der Waals surface area contributed by atoms with Gasteiger partial charge in [-0.25, -0.2) is 13.4 Å². The molecule has 8 heteroatoms. The largest absolute Gasteiger partial charge is 0.324 e. The number of rotatable bonds is 6. The van der Waals surface area contributed by atoms with Crippen molar-refractivity contribution >= 4 is 33.4 Å². The molecule has 31 heavy (non-hydrogen) atoms. The Hall–Kier alpha value is -1.90. The minimum Gasteiger partial charge on any atom is -0.324 e. The molecule has 0 spiro atoms. The first-order valence-corrected chi connectivity index (χ1v) is 13.4. The molecule has 1 fully saturated rings. The third-order valence-corrected chi connectivity index (χ3v) is 8.80. The number of hydrogen-bond acceptors (Lipinski definition) is 5. The number of carbonyl (C=O) groups is 1. The molecule has 1 aromatic heterocycles. The van der Waals surface area contributed by atoms with E-state index in [9.17, 15) is 13.2 Å². The minimum atomic E-state index is -3.52. The van der Waals surface area contributed by atoms with Gasteiger partial charge in [0.2, 0.25) is 15.9 Å². The van der Waals surface area contributed by atoms with Crippen molar-refractivity contribution in [3.8, 4) is 0 Å². The van der Waals surface area contributed by atoms with Gasteiger partial charge < -0.3 is 5.32 Å². The van der Waals surface area contributed by atoms with Crippen molar-refractivity contribution in [1.82, 2.24) is 9.29 Å². The molecule has 0 bridgehead atoms. The molecule has 1 N–H and O–H groups in total. The highest BCUT2D eigenvalue weighted by atomic mass is 32.2. The Morgan fingerprint density at radius 1 is 1.13 bits per heavy atom. The predicted octanol–water partition coefficient (Wildman–Crippen LogP) is 4.11. The van der Waals surface area contributed by atoms with Gasteiger partial charge in [0.05, 0.1) is 21.8 Å². The van der Waals surface area contributed by atoms with Crippen LogP contribution in [0.3, 0.4) is 0 Å². The van der Waals surface area contributed by atoms with E-state index in [0.717, 1.165) is 30.0 Å². The van der Waals surface area contributed by atoms with Crippen LogP contribution in [0.2, 0.25) is 0 Å². The van der Waals surface area contributed by atoms with Gasteiger partial charge in [0.1, 0.15) is 0 Å². The lowest BCUT2D eigenvalue weighted by atomic mass is 9.92. The molecule has 1 amide bonds. The fourth-order valence-corrected chi connectivity index (χ4v) is 6.42. The van der Waals surface area contributed by atoms with Gasteiger partial charge in [-0.05, 0) is 79.7 Å². The number of sulfonamides is 1. The van der Waals surface area contributed by atoms with Crippen molar-refractivity contribution in [1.29, 1.82) is 0 Å². The van der Waals surface area contributed by atoms with Crippen molar-refractivity contribution in [3.05, 3.63) is 47.7 Å². The molecule has 2 aliphatic rings. The number of thioether (sulfide) groups is 1. The van der Waals surface area contributed by atoms with Gasteiger partial charge in [0.25, 0.3) is 0 Å². The average Bonchev–Trinajstić information content (AvgIpc) is 2.80. The summed E-state index contributed by atoms with van der Waals surface area (Å²) in [7, 11) is -3.52. The number of aromatic nitrogens is 1. The quantitative estimate of drug-likeness (QED) is 0.658. The van der Waals surface area contributed by atoms with Crippen LogP contribution in [0.1, 0.15) is 43.7 Å². The summed E-state index contributed by atoms with van der Waals surface area (Å²) < 4.78 is 27.8. The van der Waals surface area contributed by atoms with Crippen LogP contribution in [0.15, 0.2) is 46.5 Å². The van der Waals surface area contributed by atoms with E-state index < -0.39 is 10.0 Å². The SMILES string of the molecule is CCSc1ccc(NC(=O)C2CCN(S(=O)(=O)c3ccc4c(c3)CCCC4)CC2)cn1. The summed E-state index contributed by atoms with van der Waals surface area (Å²) in [6.07, 6.45) is 6.99. The first-order valence-electron chi connectivity index (χ1n) is 11.0. The van der Waals surface area contributed by atoms with E-state index in [2.05, 4.69) is 17.2 Å². The molecule has 2 aromatic rings. The molecule has 0 saturated carbocycles. The zero-order chi connectivity index (χ0) is 21.8. The molecule has 1 aliphatic carbocycles. The summed E-state index contributed by atoms with van der Waals surface area (Å²) in [6, 6.07) is 9.33. The lowest BCUT2D eigenvalue weighted by Gasteiger charge is -2.31. The maximum absolute atomic E-state index is 13.1. The molecule has 6 nitrogen and oxygen atoms in total. The second kappa shape index (κ2) is 9.71. The second-order valence-electron chi connectivity index (χ2n) is 8.12. The molecule has 0 radical (unpaired) electrons. The number of amides is 1. The van der Waals surface area contributed by atoms with Crippen LogP contribution in [0, 0.1) is 5.92 Å². The number of anilines is 1. The van der Waals surface area contributed by atoms with Crippen LogP contribution < -0.4 is 5.32 Å². The van der Waals surface area contributed by atoms with Crippen LogP contribution in [0.4, 0.5) is 5.69 Å². The molecule has 0 unspecified atom stereocenters. The third kappa shape index (κ3) is 5.13. The number of aryl methyl sites for hydroxylation is 2. The molecular weight excluding hydrogens is 430 g/mol. The summed E-state index contributed by atoms with van der Waals surface area (Å²) in [5.41, 5.74) is 3.12. The third-order valence-electron chi connectivity index (χ3n) is 6.08. The highest BCUT2D eigenvalue weighted by Crippen LogP contribution is 2.28. The maximum Gasteiger partial charge on any atom is 0.243 e. The van der Waals surface area contributed by atoms with Gasteiger partial charge in [-0.1, -0.05) is 13.0 Å². The van der Waals surface area contributed by atoms with E-state index in [1.165, 1.54) is 21.9 Å². The fourth-order valence-electron chi connectivity index (χ4n) is 4.31. The number of piperidine rings is 1. The molecule has 1 aliphatic heterocycles. The van der Waals surface area contributed by atoms with Crippen molar-refractivity contribution in [2.75, 3.05) is 24.2 Å². The van der Waals surface area contributed by atoms with Crippen molar-refractivity contribution in [3.63, 3.8) is 0 Å². The van der Waals surface area contributed by atoms with E-state index in [0.29, 0.717) is 36.5 Å². The lowest BCUT2D eigenvalue weighted by Crippen LogP contribution is -2.41. The van der Waals surface area contributed by atoms with Crippen LogP contribution in [-0.2, 0) is 27.7 Å². The summed E-state index contributed by atoms with van der Waals surface area (Å²) in [5, 5.41) is 3.85. The second-order valence-corrected chi connectivity index (χ2v) is 11.3. The Balaban J connectivity index is 1.36. The fraction of sp³-hybridized carbons (Fsp3) is 0.478. The standard InChI is InChI=1S/C23H29N3O3S2/c1-2-30-22-10-8-20(16-24-22)25-23(27)18-11-13-26(14-12-18)31(28,29)21-9-7-17-5-3-4-6-19(17)15-21/h7-10,15-16,18H,2-6,11-14H2,1H3,(H,25,27). The van der Waals surface area contributed by atoms with Crippen molar-refractivity contribution in [2.24, 2.45) is 5.92 Å². The molecule has 1 aromatic carbocycles. The van der Waals surface area contributed by atoms with E-state index in [1.54, 1.807) is 24.0 Å². The number of nitrogens with one attached hydrogen (secondary N) is 1. The van der Waals surface area contributed by atoms with Gasteiger partial charge in [0.15, 0.2) is 0 Å². The topological polar surface area (TPSA) is 79.4 Å². The Labute approximate surface area is 188 Å². The molecule has 166 valence electrons. The van der Waals surface area contributed by atoms with E-state index in [4.69, 9.17) is 0 Å². The average molecular weight is 460 g/mol. The van der Waals surface area contributed by atoms with Crippen molar-refractivity contribution in [2.45, 2.75) is 55.4 Å². The molecule has 4 rings (SSSR count). The van der Waals surface area contributed by atoms with E-state index in [-0.39, 0.29) is 11.8 Å². The van der Waals surface area contributed by atoms with Gasteiger partial charge in [-0.2, -0.15) is 4.31 Å². The monoisotopic (exact) mass is 459 g/mol. The zero-order valence-electron chi connectivity index (χ0n) is 17.8. The number of benzene rings is 1. The normalized spacial score (nSPS) is 17.8. The maximum atomic E-state index is 13.1. The van der Waals surface area contributed by atoms with Gasteiger partial charge in [-0.15, -0.1) is 11.8 Å². The zero-order valence-corrected chi connectivity index (χ0v) is 19.5. The Morgan fingerprint density at radius 3 is 2.55 bits per heavy atom. The molecular formula is C23H29N3O3S2. The summed E-state index contributed by atoms with van der Waals surface area (Å²) in [6.45, 7) is 2.80. The summed E-state index contributed by atoms with van der Waals surface area (Å²) in [4.78, 5) is 17.4. The minimum absolute atomic E-state index is 0.0662. The predicted molar refractivity (Wildman–Crippen MR) is 124 cm³/mol. The van der Waals surface area contributed by atoms with Crippen LogP contribution >= 0.6 is 11.8 Å². The van der Waals surface area contributed by atoms with Crippen LogP contribution in [-0.4, -0.2) is 42.5 Å². The van der Waals surface area contributed by atoms with Crippen LogP contribution in [0.25, 0.3) is 0 Å².